The van der Waals surface area contributed by atoms with Gasteiger partial charge in [0.25, 0.3) is 0 Å². The van der Waals surface area contributed by atoms with Gasteiger partial charge in [-0.25, -0.2) is 9.59 Å². The molecule has 0 aromatic heterocycles. The number of carbonyl (C=O) groups is 4. The maximum Gasteiger partial charge on any atom is 0.410 e. The van der Waals surface area contributed by atoms with E-state index in [9.17, 15) is 24.3 Å². The summed E-state index contributed by atoms with van der Waals surface area (Å²) in [5.74, 6) is -2.02. The summed E-state index contributed by atoms with van der Waals surface area (Å²) in [5.41, 5.74) is -0.704. The van der Waals surface area contributed by atoms with E-state index in [1.165, 1.54) is 11.9 Å². The van der Waals surface area contributed by atoms with Crippen molar-refractivity contribution in [1.82, 2.24) is 15.5 Å². The molecule has 0 aromatic rings. The maximum absolute atomic E-state index is 12.9. The molecule has 1 aliphatic carbocycles. The Balaban J connectivity index is 2.06. The van der Waals surface area contributed by atoms with Crippen molar-refractivity contribution in [3.05, 3.63) is 0 Å². The van der Waals surface area contributed by atoms with Gasteiger partial charge in [0, 0.05) is 19.5 Å². The fourth-order valence-corrected chi connectivity index (χ4v) is 3.41. The molecule has 1 saturated carbocycles. The second-order valence-electron chi connectivity index (χ2n) is 9.05. The lowest BCUT2D eigenvalue weighted by molar-refractivity contribution is -0.143. The Kier molecular flexibility index (Phi) is 7.48. The zero-order valence-corrected chi connectivity index (χ0v) is 17.7. The first-order chi connectivity index (χ1) is 13.5. The molecule has 9 nitrogen and oxygen atoms in total. The van der Waals surface area contributed by atoms with Crippen LogP contribution in [0.2, 0.25) is 0 Å². The molecule has 2 rings (SSSR count). The topological polar surface area (TPSA) is 125 Å². The number of hydrogen-bond acceptors (Lipinski definition) is 5. The highest BCUT2D eigenvalue weighted by Gasteiger charge is 2.38. The fraction of sp³-hybridized carbons (Fsp3) is 0.800. The molecule has 2 aliphatic rings. The molecule has 3 N–H and O–H groups in total. The highest BCUT2D eigenvalue weighted by Crippen LogP contribution is 2.35. The highest BCUT2D eigenvalue weighted by molar-refractivity contribution is 5.89. The minimum absolute atomic E-state index is 0.0270. The van der Waals surface area contributed by atoms with Crippen LogP contribution in [0, 0.1) is 11.8 Å². The molecule has 164 valence electrons. The van der Waals surface area contributed by atoms with Crippen LogP contribution in [0.3, 0.4) is 0 Å². The Bertz CT molecular complexity index is 641. The average molecular weight is 411 g/mol. The SMILES string of the molecule is CN(C(=O)OC(C)(C)C)C(CC1CC1)C(=O)NC(CC1CCCNC1=O)C(=O)O. The van der Waals surface area contributed by atoms with Crippen LogP contribution in [-0.2, 0) is 19.1 Å². The Morgan fingerprint density at radius 1 is 1.24 bits per heavy atom. The molecule has 0 aromatic carbocycles. The summed E-state index contributed by atoms with van der Waals surface area (Å²) in [6, 6.07) is -2.01. The quantitative estimate of drug-likeness (QED) is 0.556. The molecule has 0 spiro atoms. The smallest absolute Gasteiger partial charge is 0.410 e. The van der Waals surface area contributed by atoms with Crippen molar-refractivity contribution in [2.45, 2.75) is 77.0 Å². The third kappa shape index (κ3) is 7.21. The second-order valence-corrected chi connectivity index (χ2v) is 9.05. The van der Waals surface area contributed by atoms with E-state index in [1.807, 2.05) is 0 Å². The van der Waals surface area contributed by atoms with Crippen LogP contribution in [-0.4, -0.2) is 65.2 Å². The minimum Gasteiger partial charge on any atom is -0.480 e. The van der Waals surface area contributed by atoms with Gasteiger partial charge in [0.05, 0.1) is 0 Å². The number of nitrogens with one attached hydrogen (secondary N) is 2. The monoisotopic (exact) mass is 411 g/mol. The summed E-state index contributed by atoms with van der Waals surface area (Å²) in [7, 11) is 1.49. The summed E-state index contributed by atoms with van der Waals surface area (Å²) in [4.78, 5) is 50.3. The normalized spacial score (nSPS) is 21.5. The van der Waals surface area contributed by atoms with Crippen LogP contribution in [0.15, 0.2) is 0 Å². The van der Waals surface area contributed by atoms with Crippen molar-refractivity contribution in [2.24, 2.45) is 11.8 Å². The van der Waals surface area contributed by atoms with Gasteiger partial charge in [0.15, 0.2) is 0 Å². The lowest BCUT2D eigenvalue weighted by atomic mass is 9.91. The first-order valence-electron chi connectivity index (χ1n) is 10.2. The first-order valence-corrected chi connectivity index (χ1v) is 10.2. The van der Waals surface area contributed by atoms with Gasteiger partial charge in [-0.1, -0.05) is 12.8 Å². The Morgan fingerprint density at radius 3 is 2.41 bits per heavy atom. The number of carboxylic acid groups (broad SMARTS) is 1. The molecule has 1 saturated heterocycles. The van der Waals surface area contributed by atoms with Gasteiger partial charge >= 0.3 is 12.1 Å². The number of carboxylic acids is 1. The zero-order chi connectivity index (χ0) is 21.8. The number of nitrogens with zero attached hydrogens (tertiary/aromatic N) is 1. The number of ether oxygens (including phenoxy) is 1. The Morgan fingerprint density at radius 2 is 1.90 bits per heavy atom. The molecular weight excluding hydrogens is 378 g/mol. The third-order valence-electron chi connectivity index (χ3n) is 5.24. The molecule has 2 fully saturated rings. The van der Waals surface area contributed by atoms with Crippen LogP contribution >= 0.6 is 0 Å². The molecule has 3 amide bonds. The summed E-state index contributed by atoms with van der Waals surface area (Å²) in [6.45, 7) is 5.81. The standard InChI is InChI=1S/C20H33N3O6/c1-20(2,3)29-19(28)23(4)15(10-12-7-8-12)17(25)22-14(18(26)27)11-13-6-5-9-21-16(13)24/h12-15H,5-11H2,1-4H3,(H,21,24)(H,22,25)(H,26,27). The molecule has 9 heteroatoms. The average Bonchev–Trinajstić information content (AvgIpc) is 3.42. The van der Waals surface area contributed by atoms with Gasteiger partial charge in [-0.2, -0.15) is 0 Å². The molecule has 0 bridgehead atoms. The van der Waals surface area contributed by atoms with E-state index in [2.05, 4.69) is 10.6 Å². The molecule has 3 unspecified atom stereocenters. The summed E-state index contributed by atoms with van der Waals surface area (Å²) >= 11 is 0. The number of hydrogen-bond donors (Lipinski definition) is 3. The van der Waals surface area contributed by atoms with Crippen molar-refractivity contribution in [2.75, 3.05) is 13.6 Å². The Hall–Kier alpha value is -2.32. The van der Waals surface area contributed by atoms with Crippen molar-refractivity contribution >= 4 is 23.9 Å². The van der Waals surface area contributed by atoms with E-state index < -0.39 is 41.6 Å². The number of rotatable bonds is 8. The van der Waals surface area contributed by atoms with Gasteiger partial charge in [-0.15, -0.1) is 0 Å². The Labute approximate surface area is 171 Å². The van der Waals surface area contributed by atoms with Gasteiger partial charge < -0.3 is 20.5 Å². The molecule has 0 radical (unpaired) electrons. The minimum atomic E-state index is -1.19. The van der Waals surface area contributed by atoms with Crippen LogP contribution in [0.5, 0.6) is 0 Å². The van der Waals surface area contributed by atoms with Gasteiger partial charge in [-0.05, 0) is 52.4 Å². The van der Waals surface area contributed by atoms with Crippen molar-refractivity contribution in [3.63, 3.8) is 0 Å². The lowest BCUT2D eigenvalue weighted by Gasteiger charge is -2.31. The molecule has 3 atom stereocenters. The van der Waals surface area contributed by atoms with Crippen molar-refractivity contribution < 1.29 is 29.0 Å². The number of likely N-dealkylation sites (N-methyl/N-ethyl adjacent to an activating group) is 1. The zero-order valence-electron chi connectivity index (χ0n) is 17.7. The van der Waals surface area contributed by atoms with Gasteiger partial charge in [-0.3, -0.25) is 14.5 Å². The van der Waals surface area contributed by atoms with E-state index in [0.717, 1.165) is 19.3 Å². The molecule has 1 heterocycles. The lowest BCUT2D eigenvalue weighted by Crippen LogP contribution is -2.54. The highest BCUT2D eigenvalue weighted by atomic mass is 16.6. The molecular formula is C20H33N3O6. The van der Waals surface area contributed by atoms with E-state index in [0.29, 0.717) is 25.3 Å². The number of aliphatic carboxylic acids is 1. The summed E-state index contributed by atoms with van der Waals surface area (Å²) in [6.07, 6.45) is 3.19. The predicted octanol–water partition coefficient (Wildman–Crippen LogP) is 1.51. The fourth-order valence-electron chi connectivity index (χ4n) is 3.41. The number of piperidine rings is 1. The van der Waals surface area contributed by atoms with E-state index in [-0.39, 0.29) is 12.3 Å². The van der Waals surface area contributed by atoms with Crippen LogP contribution in [0.4, 0.5) is 4.79 Å². The first kappa shape index (κ1) is 23.0. The van der Waals surface area contributed by atoms with E-state index in [1.54, 1.807) is 20.8 Å². The molecule has 1 aliphatic heterocycles. The summed E-state index contributed by atoms with van der Waals surface area (Å²) < 4.78 is 5.36. The second kappa shape index (κ2) is 9.45. The predicted molar refractivity (Wildman–Crippen MR) is 105 cm³/mol. The molecule has 29 heavy (non-hydrogen) atoms. The van der Waals surface area contributed by atoms with Crippen LogP contribution in [0.1, 0.15) is 59.3 Å². The van der Waals surface area contributed by atoms with Gasteiger partial charge in [0.1, 0.15) is 17.7 Å². The van der Waals surface area contributed by atoms with Crippen LogP contribution < -0.4 is 10.6 Å². The number of carbonyl (C=O) groups excluding carboxylic acids is 3. The van der Waals surface area contributed by atoms with E-state index in [4.69, 9.17) is 4.74 Å². The largest absolute Gasteiger partial charge is 0.480 e. The number of amides is 3. The van der Waals surface area contributed by atoms with Crippen molar-refractivity contribution in [3.8, 4) is 0 Å². The van der Waals surface area contributed by atoms with E-state index >= 15 is 0 Å². The van der Waals surface area contributed by atoms with Crippen molar-refractivity contribution in [1.29, 1.82) is 0 Å². The third-order valence-corrected chi connectivity index (χ3v) is 5.24. The maximum atomic E-state index is 12.9. The summed E-state index contributed by atoms with van der Waals surface area (Å²) in [5, 5.41) is 14.8. The van der Waals surface area contributed by atoms with Crippen LogP contribution in [0.25, 0.3) is 0 Å². The van der Waals surface area contributed by atoms with Gasteiger partial charge in [0.2, 0.25) is 11.8 Å².